The van der Waals surface area contributed by atoms with Crippen LogP contribution < -0.4 is 14.8 Å². The molecule has 0 fully saturated rings. The first-order valence-electron chi connectivity index (χ1n) is 6.84. The summed E-state index contributed by atoms with van der Waals surface area (Å²) in [7, 11) is 0. The standard InChI is InChI=1S/C16H20N2O2/c1-2-17-12-14-13-18-9-8-16(14)20-11-10-19-15-6-4-3-5-7-15/h3-9,13,17H,2,10-12H2,1H3. The quantitative estimate of drug-likeness (QED) is 0.750. The Balaban J connectivity index is 1.79. The molecule has 2 rings (SSSR count). The Labute approximate surface area is 119 Å². The van der Waals surface area contributed by atoms with E-state index in [2.05, 4.69) is 17.2 Å². The highest BCUT2D eigenvalue weighted by Crippen LogP contribution is 2.16. The minimum Gasteiger partial charge on any atom is -0.490 e. The topological polar surface area (TPSA) is 43.4 Å². The number of benzene rings is 1. The number of pyridine rings is 1. The summed E-state index contributed by atoms with van der Waals surface area (Å²) in [6.45, 7) is 4.79. The van der Waals surface area contributed by atoms with Crippen molar-refractivity contribution in [3.05, 3.63) is 54.4 Å². The number of ether oxygens (including phenoxy) is 2. The monoisotopic (exact) mass is 272 g/mol. The fraction of sp³-hybridized carbons (Fsp3) is 0.312. The molecule has 1 aromatic heterocycles. The Kier molecular flexibility index (Phi) is 5.86. The zero-order valence-corrected chi connectivity index (χ0v) is 11.7. The minimum atomic E-state index is 0.512. The molecule has 0 saturated heterocycles. The summed E-state index contributed by atoms with van der Waals surface area (Å²) in [5.74, 6) is 1.72. The van der Waals surface area contributed by atoms with Gasteiger partial charge >= 0.3 is 0 Å². The zero-order chi connectivity index (χ0) is 14.0. The Morgan fingerprint density at radius 2 is 1.85 bits per heavy atom. The molecule has 20 heavy (non-hydrogen) atoms. The minimum absolute atomic E-state index is 0.512. The highest BCUT2D eigenvalue weighted by Gasteiger charge is 2.03. The van der Waals surface area contributed by atoms with E-state index in [1.807, 2.05) is 42.6 Å². The van der Waals surface area contributed by atoms with Gasteiger partial charge in [-0.1, -0.05) is 25.1 Å². The van der Waals surface area contributed by atoms with Crippen LogP contribution in [0.3, 0.4) is 0 Å². The maximum atomic E-state index is 5.75. The number of hydrogen-bond donors (Lipinski definition) is 1. The van der Waals surface area contributed by atoms with Crippen LogP contribution in [-0.2, 0) is 6.54 Å². The van der Waals surface area contributed by atoms with Crippen LogP contribution in [0.4, 0.5) is 0 Å². The molecule has 2 aromatic rings. The van der Waals surface area contributed by atoms with Crippen molar-refractivity contribution in [1.82, 2.24) is 10.3 Å². The second kappa shape index (κ2) is 8.17. The van der Waals surface area contributed by atoms with Crippen LogP contribution in [0, 0.1) is 0 Å². The Hall–Kier alpha value is -2.07. The number of nitrogens with zero attached hydrogens (tertiary/aromatic N) is 1. The molecule has 1 N–H and O–H groups in total. The average molecular weight is 272 g/mol. The molecule has 0 bridgehead atoms. The van der Waals surface area contributed by atoms with E-state index in [1.165, 1.54) is 0 Å². The molecular formula is C16H20N2O2. The first-order chi connectivity index (χ1) is 9.90. The highest BCUT2D eigenvalue weighted by molar-refractivity contribution is 5.30. The summed E-state index contributed by atoms with van der Waals surface area (Å²) >= 11 is 0. The van der Waals surface area contributed by atoms with Crippen LogP contribution in [0.25, 0.3) is 0 Å². The normalized spacial score (nSPS) is 10.2. The Morgan fingerprint density at radius 3 is 2.65 bits per heavy atom. The fourth-order valence-electron chi connectivity index (χ4n) is 1.78. The molecule has 0 amide bonds. The van der Waals surface area contributed by atoms with E-state index < -0.39 is 0 Å². The van der Waals surface area contributed by atoms with Crippen molar-refractivity contribution in [3.63, 3.8) is 0 Å². The maximum absolute atomic E-state index is 5.75. The second-order valence-electron chi connectivity index (χ2n) is 4.27. The van der Waals surface area contributed by atoms with Crippen molar-refractivity contribution in [2.45, 2.75) is 13.5 Å². The summed E-state index contributed by atoms with van der Waals surface area (Å²) < 4.78 is 11.3. The van der Waals surface area contributed by atoms with Crippen molar-refractivity contribution < 1.29 is 9.47 Å². The predicted molar refractivity (Wildman–Crippen MR) is 79.0 cm³/mol. The molecule has 0 unspecified atom stereocenters. The molecule has 0 aliphatic carbocycles. The molecule has 4 heteroatoms. The smallest absolute Gasteiger partial charge is 0.127 e. The first-order valence-corrected chi connectivity index (χ1v) is 6.84. The zero-order valence-electron chi connectivity index (χ0n) is 11.7. The average Bonchev–Trinajstić information content (AvgIpc) is 2.51. The number of hydrogen-bond acceptors (Lipinski definition) is 4. The molecule has 0 spiro atoms. The van der Waals surface area contributed by atoms with Gasteiger partial charge in [0.15, 0.2) is 0 Å². The molecule has 1 heterocycles. The van der Waals surface area contributed by atoms with Gasteiger partial charge in [0.2, 0.25) is 0 Å². The van der Waals surface area contributed by atoms with E-state index in [4.69, 9.17) is 9.47 Å². The molecular weight excluding hydrogens is 252 g/mol. The van der Waals surface area contributed by atoms with Gasteiger partial charge in [-0.3, -0.25) is 4.98 Å². The van der Waals surface area contributed by atoms with Gasteiger partial charge in [-0.25, -0.2) is 0 Å². The van der Waals surface area contributed by atoms with E-state index in [1.54, 1.807) is 6.20 Å². The number of nitrogens with one attached hydrogen (secondary N) is 1. The van der Waals surface area contributed by atoms with Crippen molar-refractivity contribution in [2.24, 2.45) is 0 Å². The van der Waals surface area contributed by atoms with Gasteiger partial charge < -0.3 is 14.8 Å². The van der Waals surface area contributed by atoms with E-state index in [0.29, 0.717) is 13.2 Å². The highest BCUT2D eigenvalue weighted by atomic mass is 16.5. The van der Waals surface area contributed by atoms with Gasteiger partial charge in [0.05, 0.1) is 0 Å². The van der Waals surface area contributed by atoms with Gasteiger partial charge in [-0.15, -0.1) is 0 Å². The molecule has 0 aliphatic rings. The number of aromatic nitrogens is 1. The Morgan fingerprint density at radius 1 is 1.05 bits per heavy atom. The summed E-state index contributed by atoms with van der Waals surface area (Å²) in [6, 6.07) is 11.6. The van der Waals surface area contributed by atoms with Gasteiger partial charge in [-0.2, -0.15) is 0 Å². The van der Waals surface area contributed by atoms with Gasteiger partial charge in [-0.05, 0) is 24.7 Å². The third-order valence-electron chi connectivity index (χ3n) is 2.78. The van der Waals surface area contributed by atoms with Crippen molar-refractivity contribution in [3.8, 4) is 11.5 Å². The number of para-hydroxylation sites is 1. The van der Waals surface area contributed by atoms with Crippen LogP contribution >= 0.6 is 0 Å². The van der Waals surface area contributed by atoms with Crippen molar-refractivity contribution in [2.75, 3.05) is 19.8 Å². The van der Waals surface area contributed by atoms with Crippen LogP contribution in [0.2, 0.25) is 0 Å². The summed E-state index contributed by atoms with van der Waals surface area (Å²) in [4.78, 5) is 4.12. The van der Waals surface area contributed by atoms with Crippen LogP contribution in [0.15, 0.2) is 48.8 Å². The van der Waals surface area contributed by atoms with Gasteiger partial charge in [0, 0.05) is 24.5 Å². The first kappa shape index (κ1) is 14.3. The lowest BCUT2D eigenvalue weighted by molar-refractivity contribution is 0.215. The third-order valence-corrected chi connectivity index (χ3v) is 2.78. The lowest BCUT2D eigenvalue weighted by Gasteiger charge is -2.12. The lowest BCUT2D eigenvalue weighted by Crippen LogP contribution is -2.14. The summed E-state index contributed by atoms with van der Waals surface area (Å²) in [5.41, 5.74) is 1.06. The predicted octanol–water partition coefficient (Wildman–Crippen LogP) is 2.65. The largest absolute Gasteiger partial charge is 0.490 e. The van der Waals surface area contributed by atoms with Crippen molar-refractivity contribution >= 4 is 0 Å². The molecule has 1 aromatic carbocycles. The lowest BCUT2D eigenvalue weighted by atomic mass is 10.2. The van der Waals surface area contributed by atoms with Gasteiger partial charge in [0.25, 0.3) is 0 Å². The van der Waals surface area contributed by atoms with Crippen LogP contribution in [0.1, 0.15) is 12.5 Å². The summed E-state index contributed by atoms with van der Waals surface area (Å²) in [6.07, 6.45) is 3.57. The molecule has 0 radical (unpaired) electrons. The number of rotatable bonds is 8. The van der Waals surface area contributed by atoms with Gasteiger partial charge in [0.1, 0.15) is 24.7 Å². The molecule has 0 saturated carbocycles. The van der Waals surface area contributed by atoms with E-state index in [0.717, 1.165) is 30.2 Å². The maximum Gasteiger partial charge on any atom is 0.127 e. The second-order valence-corrected chi connectivity index (χ2v) is 4.27. The SMILES string of the molecule is CCNCc1cnccc1OCCOc1ccccc1. The van der Waals surface area contributed by atoms with Crippen LogP contribution in [-0.4, -0.2) is 24.7 Å². The van der Waals surface area contributed by atoms with Crippen LogP contribution in [0.5, 0.6) is 11.5 Å². The molecule has 4 nitrogen and oxygen atoms in total. The molecule has 0 atom stereocenters. The third kappa shape index (κ3) is 4.55. The molecule has 0 aliphatic heterocycles. The Bertz CT molecular complexity index is 503. The summed E-state index contributed by atoms with van der Waals surface area (Å²) in [5, 5.41) is 3.27. The fourth-order valence-corrected chi connectivity index (χ4v) is 1.78. The van der Waals surface area contributed by atoms with E-state index >= 15 is 0 Å². The van der Waals surface area contributed by atoms with Crippen molar-refractivity contribution in [1.29, 1.82) is 0 Å². The van der Waals surface area contributed by atoms with E-state index in [9.17, 15) is 0 Å². The van der Waals surface area contributed by atoms with E-state index in [-0.39, 0.29) is 0 Å². The molecule has 106 valence electrons.